The third-order valence-corrected chi connectivity index (χ3v) is 8.99. The number of benzene rings is 6. The maximum Gasteiger partial charge on any atom is 0.0175 e. The Hall–Kier alpha value is -3.98. The summed E-state index contributed by atoms with van der Waals surface area (Å²) in [7, 11) is 0. The molecule has 0 saturated heterocycles. The fourth-order valence-electron chi connectivity index (χ4n) is 5.58. The van der Waals surface area contributed by atoms with Crippen LogP contribution in [0.4, 0.5) is 0 Å². The summed E-state index contributed by atoms with van der Waals surface area (Å²) in [6.45, 7) is 4.52. The summed E-state index contributed by atoms with van der Waals surface area (Å²) in [6, 6.07) is 47.4. The molecule has 2 heteroatoms. The largest absolute Gasteiger partial charge is 0.0622 e. The topological polar surface area (TPSA) is 0 Å². The first kappa shape index (κ1) is 28.2. The minimum atomic E-state index is 1.08. The van der Waals surface area contributed by atoms with Gasteiger partial charge in [-0.25, -0.2) is 0 Å². The van der Waals surface area contributed by atoms with Crippen LogP contribution in [0, 0.1) is 13.8 Å². The number of hydrogen-bond acceptors (Lipinski definition) is 0. The molecule has 0 unspecified atom stereocenters. The van der Waals surface area contributed by atoms with E-state index in [0.29, 0.717) is 0 Å². The van der Waals surface area contributed by atoms with E-state index >= 15 is 0 Å². The highest BCUT2D eigenvalue weighted by Gasteiger charge is 2.16. The minimum absolute atomic E-state index is 1.08. The van der Waals surface area contributed by atoms with Gasteiger partial charge in [0.2, 0.25) is 0 Å². The average Bonchev–Trinajstić information content (AvgIpc) is 3.03. The van der Waals surface area contributed by atoms with Gasteiger partial charge in [0, 0.05) is 8.95 Å². The summed E-state index contributed by atoms with van der Waals surface area (Å²) < 4.78 is 2.15. The van der Waals surface area contributed by atoms with Crippen LogP contribution in [0.5, 0.6) is 0 Å². The number of halogens is 2. The van der Waals surface area contributed by atoms with Gasteiger partial charge < -0.3 is 0 Å². The van der Waals surface area contributed by atoms with Gasteiger partial charge in [0.05, 0.1) is 0 Å². The molecule has 6 rings (SSSR count). The van der Waals surface area contributed by atoms with Gasteiger partial charge >= 0.3 is 0 Å². The van der Waals surface area contributed by atoms with E-state index in [2.05, 4.69) is 191 Å². The molecule has 0 radical (unpaired) electrons. The zero-order valence-corrected chi connectivity index (χ0v) is 26.8. The number of hydrogen-bond donors (Lipinski definition) is 0. The van der Waals surface area contributed by atoms with E-state index in [0.717, 1.165) is 8.95 Å². The Kier molecular flexibility index (Phi) is 8.37. The summed E-state index contributed by atoms with van der Waals surface area (Å²) in [5.41, 5.74) is 12.3. The molecular weight excluding hydrogens is 640 g/mol. The van der Waals surface area contributed by atoms with Crippen molar-refractivity contribution in [3.8, 4) is 0 Å². The molecule has 6 aromatic carbocycles. The quantitative estimate of drug-likeness (QED) is 0.155. The van der Waals surface area contributed by atoms with Crippen molar-refractivity contribution in [2.24, 2.45) is 0 Å². The lowest BCUT2D eigenvalue weighted by Crippen LogP contribution is -1.97. The highest BCUT2D eigenvalue weighted by molar-refractivity contribution is 9.10. The van der Waals surface area contributed by atoms with Crippen LogP contribution in [-0.2, 0) is 0 Å². The van der Waals surface area contributed by atoms with Gasteiger partial charge in [-0.1, -0.05) is 141 Å². The Bertz CT molecular complexity index is 1770. The molecule has 0 heterocycles. The smallest absolute Gasteiger partial charge is 0.0175 e. The maximum atomic E-state index is 3.61. The van der Waals surface area contributed by atoms with E-state index < -0.39 is 0 Å². The zero-order valence-electron chi connectivity index (χ0n) is 23.6. The monoisotopic (exact) mass is 668 g/mol. The van der Waals surface area contributed by atoms with Crippen LogP contribution >= 0.6 is 31.9 Å². The highest BCUT2D eigenvalue weighted by Crippen LogP contribution is 2.38. The van der Waals surface area contributed by atoms with Gasteiger partial charge in [-0.05, 0) is 117 Å². The van der Waals surface area contributed by atoms with E-state index in [1.54, 1.807) is 0 Å². The maximum absolute atomic E-state index is 3.61. The normalized spacial score (nSPS) is 12.1. The van der Waals surface area contributed by atoms with Crippen molar-refractivity contribution in [1.29, 1.82) is 0 Å². The molecule has 204 valence electrons. The average molecular weight is 670 g/mol. The standard InChI is InChI=1S/C40H30Br2/c1-27-28(2)38(26-40(30-13-7-4-8-14-30)32-19-23-34(42)24-20-32)36-16-10-9-15-35(36)37(27)25-39(29-11-5-3-6-12-29)31-17-21-33(41)22-18-31/h3-26H,1-2H3. The molecule has 42 heavy (non-hydrogen) atoms. The lowest BCUT2D eigenvalue weighted by molar-refractivity contribution is 1.34. The fourth-order valence-corrected chi connectivity index (χ4v) is 6.11. The molecule has 0 nitrogen and oxygen atoms in total. The summed E-state index contributed by atoms with van der Waals surface area (Å²) in [4.78, 5) is 0. The number of fused-ring (bicyclic) bond motifs is 1. The minimum Gasteiger partial charge on any atom is -0.0622 e. The van der Waals surface area contributed by atoms with Gasteiger partial charge in [0.15, 0.2) is 0 Å². The van der Waals surface area contributed by atoms with E-state index in [1.165, 1.54) is 66.4 Å². The Labute approximate surface area is 265 Å². The molecule has 0 bridgehead atoms. The van der Waals surface area contributed by atoms with E-state index in [4.69, 9.17) is 0 Å². The van der Waals surface area contributed by atoms with Crippen molar-refractivity contribution in [1.82, 2.24) is 0 Å². The van der Waals surface area contributed by atoms with Crippen molar-refractivity contribution in [2.75, 3.05) is 0 Å². The van der Waals surface area contributed by atoms with Gasteiger partial charge in [-0.2, -0.15) is 0 Å². The Morgan fingerprint density at radius 3 is 1.07 bits per heavy atom. The van der Waals surface area contributed by atoms with Crippen molar-refractivity contribution < 1.29 is 0 Å². The van der Waals surface area contributed by atoms with E-state index in [1.807, 2.05) is 0 Å². The first-order valence-electron chi connectivity index (χ1n) is 14.1. The van der Waals surface area contributed by atoms with Crippen LogP contribution in [0.3, 0.4) is 0 Å². The summed E-state index contributed by atoms with van der Waals surface area (Å²) >= 11 is 7.22. The molecule has 0 saturated carbocycles. The van der Waals surface area contributed by atoms with Crippen molar-refractivity contribution >= 4 is 65.9 Å². The Morgan fingerprint density at radius 1 is 0.405 bits per heavy atom. The highest BCUT2D eigenvalue weighted by atomic mass is 79.9. The van der Waals surface area contributed by atoms with Gasteiger partial charge in [-0.15, -0.1) is 0 Å². The summed E-state index contributed by atoms with van der Waals surface area (Å²) in [6.07, 6.45) is 4.76. The molecule has 6 aromatic rings. The number of rotatable bonds is 6. The lowest BCUT2D eigenvalue weighted by atomic mass is 9.86. The predicted molar refractivity (Wildman–Crippen MR) is 189 cm³/mol. The van der Waals surface area contributed by atoms with Crippen molar-refractivity contribution in [3.63, 3.8) is 0 Å². The van der Waals surface area contributed by atoms with Crippen LogP contribution in [0.15, 0.2) is 142 Å². The second-order valence-corrected chi connectivity index (χ2v) is 12.3. The molecule has 0 atom stereocenters. The first-order chi connectivity index (χ1) is 20.5. The Balaban J connectivity index is 1.61. The van der Waals surface area contributed by atoms with Crippen LogP contribution in [-0.4, -0.2) is 0 Å². The predicted octanol–water partition coefficient (Wildman–Crippen LogP) is 12.2. The van der Waals surface area contributed by atoms with Crippen LogP contribution in [0.2, 0.25) is 0 Å². The third kappa shape index (κ3) is 5.83. The SMILES string of the molecule is Cc1c(C)c(C=C(c2ccccc2)c2ccc(Br)cc2)c2ccccc2c1C=C(c1ccccc1)c1ccc(Br)cc1. The molecule has 0 aliphatic heterocycles. The van der Waals surface area contributed by atoms with Crippen molar-refractivity contribution in [2.45, 2.75) is 13.8 Å². The van der Waals surface area contributed by atoms with Crippen LogP contribution in [0.1, 0.15) is 44.5 Å². The molecule has 0 N–H and O–H groups in total. The van der Waals surface area contributed by atoms with Gasteiger partial charge in [0.25, 0.3) is 0 Å². The molecule has 0 aliphatic carbocycles. The fraction of sp³-hybridized carbons (Fsp3) is 0.0500. The van der Waals surface area contributed by atoms with Gasteiger partial charge in [0.1, 0.15) is 0 Å². The Morgan fingerprint density at radius 2 is 0.714 bits per heavy atom. The van der Waals surface area contributed by atoms with E-state index in [-0.39, 0.29) is 0 Å². The lowest BCUT2D eigenvalue weighted by Gasteiger charge is -2.18. The molecule has 0 spiro atoms. The molecule has 0 amide bonds. The van der Waals surface area contributed by atoms with Gasteiger partial charge in [-0.3, -0.25) is 0 Å². The molecular formula is C40H30Br2. The third-order valence-electron chi connectivity index (χ3n) is 7.94. The second kappa shape index (κ2) is 12.5. The van der Waals surface area contributed by atoms with Crippen LogP contribution in [0.25, 0.3) is 34.1 Å². The summed E-state index contributed by atoms with van der Waals surface area (Å²) in [5, 5.41) is 2.50. The van der Waals surface area contributed by atoms with Crippen molar-refractivity contribution in [3.05, 3.63) is 187 Å². The molecule has 0 aliphatic rings. The zero-order chi connectivity index (χ0) is 29.1. The second-order valence-electron chi connectivity index (χ2n) is 10.5. The van der Waals surface area contributed by atoms with Crippen LogP contribution < -0.4 is 0 Å². The summed E-state index contributed by atoms with van der Waals surface area (Å²) in [5.74, 6) is 0. The first-order valence-corrected chi connectivity index (χ1v) is 15.7. The molecule has 0 fully saturated rings. The molecule has 0 aromatic heterocycles. The van der Waals surface area contributed by atoms with E-state index in [9.17, 15) is 0 Å².